The van der Waals surface area contributed by atoms with E-state index in [2.05, 4.69) is 13.8 Å². The van der Waals surface area contributed by atoms with Crippen molar-refractivity contribution in [2.24, 2.45) is 0 Å². The van der Waals surface area contributed by atoms with Crippen molar-refractivity contribution in [1.29, 1.82) is 0 Å². The Balaban J connectivity index is 0.000000323. The van der Waals surface area contributed by atoms with E-state index in [0.29, 0.717) is 34.3 Å². The first-order valence-corrected chi connectivity index (χ1v) is 20.0. The van der Waals surface area contributed by atoms with Crippen LogP contribution in [0.2, 0.25) is 10.0 Å². The zero-order chi connectivity index (χ0) is 42.1. The monoisotopic (exact) mass is 878 g/mol. The first-order valence-electron chi connectivity index (χ1n) is 19.3. The first-order chi connectivity index (χ1) is 28.0. The molecule has 0 bridgehead atoms. The van der Waals surface area contributed by atoms with Crippen molar-refractivity contribution in [3.05, 3.63) is 190 Å². The van der Waals surface area contributed by atoms with Crippen LogP contribution in [-0.4, -0.2) is 24.9 Å². The Labute approximate surface area is 371 Å². The number of anilines is 2. The van der Waals surface area contributed by atoms with Crippen molar-refractivity contribution >= 4 is 46.4 Å². The van der Waals surface area contributed by atoms with Gasteiger partial charge in [0.25, 0.3) is 0 Å². The average molecular weight is 880 g/mol. The molecule has 0 atom stereocenters. The second-order valence-corrected chi connectivity index (χ2v) is 13.9. The van der Waals surface area contributed by atoms with Crippen LogP contribution in [0.4, 0.5) is 28.9 Å². The van der Waals surface area contributed by atoms with Crippen molar-refractivity contribution in [2.75, 3.05) is 22.9 Å². The van der Waals surface area contributed by atoms with E-state index in [1.54, 1.807) is 48.5 Å². The fraction of sp³-hybridized carbons (Fsp3) is 0.250. The Bertz CT molecular complexity index is 1850. The third kappa shape index (κ3) is 18.6. The summed E-state index contributed by atoms with van der Waals surface area (Å²) in [7, 11) is 0. The van der Waals surface area contributed by atoms with E-state index in [9.17, 15) is 27.2 Å². The fourth-order valence-electron chi connectivity index (χ4n) is 5.48. The number of carbonyl (C=O) groups is 2. The third-order valence-corrected chi connectivity index (χ3v) is 9.02. The van der Waals surface area contributed by atoms with Crippen LogP contribution in [0, 0.1) is 35.4 Å². The number of benzene rings is 4. The topological polar surface area (TPSA) is 40.6 Å². The molecule has 6 aromatic rings. The van der Waals surface area contributed by atoms with Gasteiger partial charge in [0.1, 0.15) is 0 Å². The van der Waals surface area contributed by atoms with E-state index < -0.39 is 23.3 Å². The Morgan fingerprint density at radius 1 is 0.525 bits per heavy atom. The number of hydrogen-bond donors (Lipinski definition) is 0. The minimum Gasteiger partial charge on any atom is -0.359 e. The minimum absolute atomic E-state index is 0. The quantitative estimate of drug-likeness (QED) is 0.0473. The van der Waals surface area contributed by atoms with Gasteiger partial charge in [-0.2, -0.15) is 36.4 Å². The number of unbranched alkanes of at least 4 members (excludes halogenated alkanes) is 6. The molecule has 0 fully saturated rings. The van der Waals surface area contributed by atoms with Gasteiger partial charge in [-0.1, -0.05) is 75.6 Å². The molecule has 0 aliphatic carbocycles. The smallest absolute Gasteiger partial charge is 0.359 e. The predicted molar refractivity (Wildman–Crippen MR) is 229 cm³/mol. The van der Waals surface area contributed by atoms with E-state index in [1.165, 1.54) is 21.9 Å². The number of nitrogens with zero attached hydrogens (tertiary/aromatic N) is 2. The molecule has 2 amide bonds. The van der Waals surface area contributed by atoms with Gasteiger partial charge in [0.05, 0.1) is 0 Å². The summed E-state index contributed by atoms with van der Waals surface area (Å²) < 4.78 is 54.4. The van der Waals surface area contributed by atoms with Gasteiger partial charge in [-0.3, -0.25) is 9.59 Å². The molecule has 0 N–H and O–H groups in total. The Morgan fingerprint density at radius 3 is 1.14 bits per heavy atom. The number of halogens is 6. The minimum atomic E-state index is -0.868. The molecule has 4 nitrogen and oxygen atoms in total. The summed E-state index contributed by atoms with van der Waals surface area (Å²) in [4.78, 5) is 28.2. The summed E-state index contributed by atoms with van der Waals surface area (Å²) in [6.07, 6.45) is 7.56. The van der Waals surface area contributed by atoms with Crippen molar-refractivity contribution < 1.29 is 48.9 Å². The van der Waals surface area contributed by atoms with Gasteiger partial charge < -0.3 is 9.80 Å². The fourth-order valence-corrected chi connectivity index (χ4v) is 5.73. The third-order valence-electron chi connectivity index (χ3n) is 8.52. The summed E-state index contributed by atoms with van der Waals surface area (Å²) in [6.45, 7) is 4.90. The van der Waals surface area contributed by atoms with Crippen molar-refractivity contribution in [3.8, 4) is 0 Å². The molecular weight excluding hydrogens is 831 g/mol. The summed E-state index contributed by atoms with van der Waals surface area (Å²) in [5, 5.41) is 1.03. The maximum absolute atomic E-state index is 14.1. The van der Waals surface area contributed by atoms with Crippen molar-refractivity contribution in [3.63, 3.8) is 0 Å². The van der Waals surface area contributed by atoms with E-state index in [1.807, 2.05) is 72.8 Å². The van der Waals surface area contributed by atoms with Gasteiger partial charge in [-0.15, -0.1) is 36.4 Å². The van der Waals surface area contributed by atoms with Crippen molar-refractivity contribution in [2.45, 2.75) is 65.2 Å². The van der Waals surface area contributed by atoms with Crippen LogP contribution in [-0.2, 0) is 21.7 Å². The van der Waals surface area contributed by atoms with Crippen LogP contribution in [0.25, 0.3) is 0 Å². The summed E-state index contributed by atoms with van der Waals surface area (Å²) >= 11 is 11.7. The molecule has 0 unspecified atom stereocenters. The molecule has 0 spiro atoms. The largest absolute Gasteiger partial charge is 4.00 e. The number of hydrogen-bond acceptors (Lipinski definition) is 2. The molecule has 308 valence electrons. The van der Waals surface area contributed by atoms with E-state index >= 15 is 0 Å². The Kier molecular flexibility index (Phi) is 24.8. The molecule has 0 heterocycles. The molecule has 0 aliphatic heterocycles. The van der Waals surface area contributed by atoms with Crippen LogP contribution in [0.3, 0.4) is 0 Å². The van der Waals surface area contributed by atoms with Crippen LogP contribution < -0.4 is 9.80 Å². The molecule has 0 radical (unpaired) electrons. The van der Waals surface area contributed by atoms with Gasteiger partial charge in [-0.05, 0) is 72.7 Å². The normalized spacial score (nSPS) is 10.0. The molecule has 0 saturated carbocycles. The van der Waals surface area contributed by atoms with Gasteiger partial charge in [0, 0.05) is 57.5 Å². The predicted octanol–water partition coefficient (Wildman–Crippen LogP) is 14.1. The van der Waals surface area contributed by atoms with Crippen LogP contribution >= 0.6 is 23.2 Å². The molecule has 59 heavy (non-hydrogen) atoms. The maximum atomic E-state index is 14.1. The number of amides is 2. The van der Waals surface area contributed by atoms with Gasteiger partial charge in [-0.25, -0.2) is 41.8 Å². The van der Waals surface area contributed by atoms with Gasteiger partial charge in [0.2, 0.25) is 11.8 Å². The Hall–Kier alpha value is -4.47. The number of carbonyl (C=O) groups excluding carboxylic acids is 2. The summed E-state index contributed by atoms with van der Waals surface area (Å²) in [5.74, 6) is -4.01. The zero-order valence-electron chi connectivity index (χ0n) is 33.3. The van der Waals surface area contributed by atoms with Gasteiger partial charge in [0.15, 0.2) is 0 Å². The van der Waals surface area contributed by atoms with Crippen LogP contribution in [0.15, 0.2) is 133 Å². The molecule has 11 heteroatoms. The van der Waals surface area contributed by atoms with E-state index in [0.717, 1.165) is 63.5 Å². The van der Waals surface area contributed by atoms with Crippen molar-refractivity contribution in [1.82, 2.24) is 0 Å². The van der Waals surface area contributed by atoms with Crippen LogP contribution in [0.1, 0.15) is 85.9 Å². The summed E-state index contributed by atoms with van der Waals surface area (Å²) in [5.41, 5.74) is 0.873. The zero-order valence-corrected chi connectivity index (χ0v) is 36.3. The molecule has 0 saturated heterocycles. The molecular formula is C48H48Cl2F4N2O2Ti. The molecule has 0 aromatic heterocycles. The molecule has 0 aliphatic rings. The van der Waals surface area contributed by atoms with E-state index in [4.69, 9.17) is 23.2 Å². The Morgan fingerprint density at radius 2 is 0.864 bits per heavy atom. The SMILES string of the molecule is CCCCCCN(C(=O)c1ccc(Cl)cc1)c1ccc(F)[c-]c1F.CCCCCCN(C(=O)c1ccc(Cl)cc1)c1ccc(F)[c-]c1F.[Ti+4].c1cc[cH-]c1.c1cc[cH-]c1. The van der Waals surface area contributed by atoms with Crippen LogP contribution in [0.5, 0.6) is 0 Å². The second-order valence-electron chi connectivity index (χ2n) is 13.0. The van der Waals surface area contributed by atoms with E-state index in [-0.39, 0.29) is 44.9 Å². The number of rotatable bonds is 14. The summed E-state index contributed by atoms with van der Waals surface area (Å²) in [6, 6.07) is 41.5. The maximum Gasteiger partial charge on any atom is 4.00 e. The molecule has 6 rings (SSSR count). The first kappa shape index (κ1) is 50.7. The average Bonchev–Trinajstić information content (AvgIpc) is 4.01. The second kappa shape index (κ2) is 28.9. The van der Waals surface area contributed by atoms with Gasteiger partial charge >= 0.3 is 21.7 Å². The standard InChI is InChI=1S/2C19H19ClF2NO.2C5H5.Ti/c2*1-2-3-4-5-12-23(18-11-10-16(21)13-17(18)22)19(24)14-6-8-15(20)9-7-14;2*1-2-4-5-3-1;/h2*6-11H,2-5,12H2,1H3;2*1-5H;/q4*-1;+4. The molecule has 6 aromatic carbocycles.